The molecule has 144 valence electrons. The summed E-state index contributed by atoms with van der Waals surface area (Å²) < 4.78 is 10.6. The average molecular weight is 377 g/mol. The van der Waals surface area contributed by atoms with Crippen LogP contribution in [0.15, 0.2) is 60.7 Å². The van der Waals surface area contributed by atoms with Crippen molar-refractivity contribution < 1.29 is 14.3 Å². The van der Waals surface area contributed by atoms with E-state index in [9.17, 15) is 4.79 Å². The van der Waals surface area contributed by atoms with Crippen molar-refractivity contribution in [3.8, 4) is 22.9 Å². The highest BCUT2D eigenvalue weighted by Crippen LogP contribution is 2.21. The lowest BCUT2D eigenvalue weighted by Crippen LogP contribution is -2.11. The first-order valence-corrected chi connectivity index (χ1v) is 9.22. The number of rotatable bonds is 8. The minimum absolute atomic E-state index is 0.169. The van der Waals surface area contributed by atoms with Gasteiger partial charge in [-0.15, -0.1) is 10.2 Å². The number of ether oxygens (including phenoxy) is 2. The van der Waals surface area contributed by atoms with Crippen LogP contribution in [0, 0.1) is 0 Å². The molecule has 0 aliphatic rings. The molecule has 6 nitrogen and oxygen atoms in total. The molecule has 1 aromatic heterocycles. The Kier molecular flexibility index (Phi) is 6.57. The number of anilines is 1. The Morgan fingerprint density at radius 2 is 1.71 bits per heavy atom. The van der Waals surface area contributed by atoms with E-state index >= 15 is 0 Å². The number of unbranched alkanes of at least 4 members (excludes halogenated alkanes) is 1. The van der Waals surface area contributed by atoms with Crippen LogP contribution in [0.1, 0.15) is 30.1 Å². The second-order valence-corrected chi connectivity index (χ2v) is 6.22. The van der Waals surface area contributed by atoms with Crippen molar-refractivity contribution >= 4 is 11.6 Å². The van der Waals surface area contributed by atoms with E-state index in [-0.39, 0.29) is 5.91 Å². The summed E-state index contributed by atoms with van der Waals surface area (Å²) in [7, 11) is 1.55. The Hall–Kier alpha value is -3.41. The van der Waals surface area contributed by atoms with E-state index in [4.69, 9.17) is 9.47 Å². The standard InChI is InChI=1S/C22H23N3O3/c1-3-4-15-28-19-11-7-17(8-12-19)22(26)23-18-9-5-16(6-10-18)20-13-14-21(27-2)25-24-20/h5-14H,3-4,15H2,1-2H3,(H,23,26). The summed E-state index contributed by atoms with van der Waals surface area (Å²) in [4.78, 5) is 12.4. The Labute approximate surface area is 164 Å². The van der Waals surface area contributed by atoms with Crippen LogP contribution < -0.4 is 14.8 Å². The molecule has 0 saturated carbocycles. The zero-order chi connectivity index (χ0) is 19.8. The zero-order valence-corrected chi connectivity index (χ0v) is 16.0. The Balaban J connectivity index is 1.60. The molecule has 0 aliphatic heterocycles. The summed E-state index contributed by atoms with van der Waals surface area (Å²) in [6.45, 7) is 2.81. The smallest absolute Gasteiger partial charge is 0.255 e. The number of nitrogens with one attached hydrogen (secondary N) is 1. The second-order valence-electron chi connectivity index (χ2n) is 6.22. The summed E-state index contributed by atoms with van der Waals surface area (Å²) in [5.74, 6) is 1.07. The van der Waals surface area contributed by atoms with Crippen molar-refractivity contribution in [2.45, 2.75) is 19.8 Å². The fourth-order valence-electron chi connectivity index (χ4n) is 2.55. The lowest BCUT2D eigenvalue weighted by atomic mass is 10.1. The van der Waals surface area contributed by atoms with Gasteiger partial charge in [0.25, 0.3) is 5.91 Å². The molecule has 2 aromatic carbocycles. The number of hydrogen-bond acceptors (Lipinski definition) is 5. The molecular formula is C22H23N3O3. The first-order valence-electron chi connectivity index (χ1n) is 9.22. The quantitative estimate of drug-likeness (QED) is 0.582. The van der Waals surface area contributed by atoms with Crippen molar-refractivity contribution in [3.05, 3.63) is 66.2 Å². The first-order chi connectivity index (χ1) is 13.7. The molecular weight excluding hydrogens is 354 g/mol. The third kappa shape index (κ3) is 5.07. The molecule has 1 N–H and O–H groups in total. The fourth-order valence-corrected chi connectivity index (χ4v) is 2.55. The molecule has 0 radical (unpaired) electrons. The Morgan fingerprint density at radius 1 is 0.964 bits per heavy atom. The van der Waals surface area contributed by atoms with Crippen LogP contribution in [0.4, 0.5) is 5.69 Å². The number of hydrogen-bond donors (Lipinski definition) is 1. The van der Waals surface area contributed by atoms with E-state index in [2.05, 4.69) is 22.4 Å². The van der Waals surface area contributed by atoms with Crippen LogP contribution in [0.3, 0.4) is 0 Å². The molecule has 1 amide bonds. The summed E-state index contributed by atoms with van der Waals surface area (Å²) in [6, 6.07) is 18.2. The predicted octanol–water partition coefficient (Wildman–Crippen LogP) is 4.58. The zero-order valence-electron chi connectivity index (χ0n) is 16.0. The highest BCUT2D eigenvalue weighted by molar-refractivity contribution is 6.04. The number of carbonyl (C=O) groups excluding carboxylic acids is 1. The number of amides is 1. The van der Waals surface area contributed by atoms with Gasteiger partial charge in [-0.3, -0.25) is 4.79 Å². The molecule has 0 spiro atoms. The summed E-state index contributed by atoms with van der Waals surface area (Å²) in [5.41, 5.74) is 2.92. The number of nitrogens with zero attached hydrogens (tertiary/aromatic N) is 2. The van der Waals surface area contributed by atoms with E-state index in [0.29, 0.717) is 23.7 Å². The molecule has 0 unspecified atom stereocenters. The van der Waals surface area contributed by atoms with E-state index in [1.165, 1.54) is 0 Å². The topological polar surface area (TPSA) is 73.3 Å². The van der Waals surface area contributed by atoms with Gasteiger partial charge in [-0.2, -0.15) is 0 Å². The molecule has 1 heterocycles. The molecule has 0 aliphatic carbocycles. The van der Waals surface area contributed by atoms with Crippen LogP contribution in [-0.4, -0.2) is 29.8 Å². The first kappa shape index (κ1) is 19.4. The van der Waals surface area contributed by atoms with Crippen LogP contribution >= 0.6 is 0 Å². The summed E-state index contributed by atoms with van der Waals surface area (Å²) in [5, 5.41) is 11.0. The molecule has 0 atom stereocenters. The van der Waals surface area contributed by atoms with Gasteiger partial charge < -0.3 is 14.8 Å². The number of carbonyl (C=O) groups is 1. The number of aromatic nitrogens is 2. The summed E-state index contributed by atoms with van der Waals surface area (Å²) >= 11 is 0. The Bertz CT molecular complexity index is 892. The molecule has 0 saturated heterocycles. The maximum atomic E-state index is 12.4. The minimum atomic E-state index is -0.169. The monoisotopic (exact) mass is 377 g/mol. The maximum absolute atomic E-state index is 12.4. The molecule has 0 bridgehead atoms. The van der Waals surface area contributed by atoms with Gasteiger partial charge in [0.1, 0.15) is 5.75 Å². The molecule has 3 rings (SSSR count). The van der Waals surface area contributed by atoms with E-state index in [1.807, 2.05) is 42.5 Å². The highest BCUT2D eigenvalue weighted by Gasteiger charge is 2.07. The number of benzene rings is 2. The van der Waals surface area contributed by atoms with Gasteiger partial charge in [0.15, 0.2) is 0 Å². The molecule has 0 fully saturated rings. The van der Waals surface area contributed by atoms with Crippen molar-refractivity contribution in [2.24, 2.45) is 0 Å². The minimum Gasteiger partial charge on any atom is -0.494 e. The van der Waals surface area contributed by atoms with Crippen molar-refractivity contribution in [3.63, 3.8) is 0 Å². The lowest BCUT2D eigenvalue weighted by Gasteiger charge is -2.08. The van der Waals surface area contributed by atoms with Crippen molar-refractivity contribution in [1.82, 2.24) is 10.2 Å². The molecule has 6 heteroatoms. The highest BCUT2D eigenvalue weighted by atomic mass is 16.5. The van der Waals surface area contributed by atoms with Crippen LogP contribution in [-0.2, 0) is 0 Å². The van der Waals surface area contributed by atoms with E-state index < -0.39 is 0 Å². The molecule has 3 aromatic rings. The largest absolute Gasteiger partial charge is 0.494 e. The van der Waals surface area contributed by atoms with Gasteiger partial charge in [-0.05, 0) is 48.9 Å². The van der Waals surface area contributed by atoms with Gasteiger partial charge in [-0.25, -0.2) is 0 Å². The Morgan fingerprint density at radius 3 is 2.32 bits per heavy atom. The van der Waals surface area contributed by atoms with Gasteiger partial charge in [0, 0.05) is 22.9 Å². The average Bonchev–Trinajstić information content (AvgIpc) is 2.75. The molecule has 28 heavy (non-hydrogen) atoms. The normalized spacial score (nSPS) is 10.4. The SMILES string of the molecule is CCCCOc1ccc(C(=O)Nc2ccc(-c3ccc(OC)nn3)cc2)cc1. The van der Waals surface area contributed by atoms with Crippen LogP contribution in [0.25, 0.3) is 11.3 Å². The van der Waals surface area contributed by atoms with Gasteiger partial charge in [0.05, 0.1) is 19.4 Å². The third-order valence-corrected chi connectivity index (χ3v) is 4.17. The predicted molar refractivity (Wildman–Crippen MR) is 109 cm³/mol. The van der Waals surface area contributed by atoms with Gasteiger partial charge >= 0.3 is 0 Å². The summed E-state index contributed by atoms with van der Waals surface area (Å²) in [6.07, 6.45) is 2.10. The fraction of sp³-hybridized carbons (Fsp3) is 0.227. The van der Waals surface area contributed by atoms with Gasteiger partial charge in [-0.1, -0.05) is 25.5 Å². The van der Waals surface area contributed by atoms with E-state index in [0.717, 1.165) is 29.8 Å². The van der Waals surface area contributed by atoms with Crippen molar-refractivity contribution in [2.75, 3.05) is 19.0 Å². The van der Waals surface area contributed by atoms with Crippen LogP contribution in [0.2, 0.25) is 0 Å². The lowest BCUT2D eigenvalue weighted by molar-refractivity contribution is 0.102. The van der Waals surface area contributed by atoms with E-state index in [1.54, 1.807) is 25.3 Å². The van der Waals surface area contributed by atoms with Gasteiger partial charge in [0.2, 0.25) is 5.88 Å². The van der Waals surface area contributed by atoms with Crippen LogP contribution in [0.5, 0.6) is 11.6 Å². The maximum Gasteiger partial charge on any atom is 0.255 e. The number of methoxy groups -OCH3 is 1. The van der Waals surface area contributed by atoms with Crippen molar-refractivity contribution in [1.29, 1.82) is 0 Å². The third-order valence-electron chi connectivity index (χ3n) is 4.17. The second kappa shape index (κ2) is 9.50.